The number of fused-ring (bicyclic) bond motifs is 7. The van der Waals surface area contributed by atoms with Gasteiger partial charge in [0.25, 0.3) is 11.8 Å². The molecule has 0 spiro atoms. The predicted molar refractivity (Wildman–Crippen MR) is 201 cm³/mol. The van der Waals surface area contributed by atoms with E-state index < -0.39 is 44.5 Å². The number of halogens is 3. The van der Waals surface area contributed by atoms with Crippen molar-refractivity contribution in [3.8, 4) is 17.0 Å². The second kappa shape index (κ2) is 13.8. The van der Waals surface area contributed by atoms with E-state index >= 15 is 0 Å². The molecule has 2 saturated heterocycles. The molecule has 2 aromatic carbocycles. The van der Waals surface area contributed by atoms with Crippen LogP contribution in [0.2, 0.25) is 0 Å². The summed E-state index contributed by atoms with van der Waals surface area (Å²) in [5.41, 5.74) is 2.84. The molecule has 292 valence electrons. The van der Waals surface area contributed by atoms with Gasteiger partial charge in [0, 0.05) is 42.2 Å². The van der Waals surface area contributed by atoms with Crippen LogP contribution >= 0.6 is 0 Å². The van der Waals surface area contributed by atoms with Crippen molar-refractivity contribution in [2.24, 2.45) is 7.05 Å². The summed E-state index contributed by atoms with van der Waals surface area (Å²) in [6.45, 7) is 3.36. The number of hydrogen-bond donors (Lipinski definition) is 1. The fourth-order valence-corrected chi connectivity index (χ4v) is 9.48. The van der Waals surface area contributed by atoms with Crippen molar-refractivity contribution < 1.29 is 40.7 Å². The Balaban J connectivity index is 1.36. The van der Waals surface area contributed by atoms with Crippen molar-refractivity contribution >= 4 is 44.4 Å². The molecule has 1 aliphatic carbocycles. The molecular formula is C40H44F3N5O6S. The lowest BCUT2D eigenvalue weighted by Crippen LogP contribution is -2.46. The predicted octanol–water partition coefficient (Wildman–Crippen LogP) is 7.14. The quantitative estimate of drug-likeness (QED) is 0.212. The topological polar surface area (TPSA) is 125 Å². The number of aryl methyl sites for hydroxylation is 1. The normalized spacial score (nSPS) is 20.3. The van der Waals surface area contributed by atoms with Crippen LogP contribution in [0.3, 0.4) is 0 Å². The number of amides is 2. The number of alkyl halides is 3. The van der Waals surface area contributed by atoms with Crippen LogP contribution < -0.4 is 9.46 Å². The number of morpholine rings is 1. The highest BCUT2D eigenvalue weighted by Crippen LogP contribution is 2.48. The largest absolute Gasteiger partial charge is 0.497 e. The molecular weight excluding hydrogens is 736 g/mol. The van der Waals surface area contributed by atoms with Gasteiger partial charge in [-0.15, -0.1) is 0 Å². The van der Waals surface area contributed by atoms with Crippen molar-refractivity contribution in [3.63, 3.8) is 0 Å². The molecule has 2 atom stereocenters. The molecule has 5 heterocycles. The Hall–Kier alpha value is -4.63. The molecule has 8 rings (SSSR count). The minimum atomic E-state index is -4.92. The first-order valence-electron chi connectivity index (χ1n) is 18.8. The Bertz CT molecular complexity index is 2340. The van der Waals surface area contributed by atoms with Gasteiger partial charge in [0.15, 0.2) is 5.69 Å². The van der Waals surface area contributed by atoms with Crippen molar-refractivity contribution in [1.29, 1.82) is 0 Å². The molecule has 3 fully saturated rings. The van der Waals surface area contributed by atoms with Gasteiger partial charge in [0.2, 0.25) is 10.0 Å². The molecule has 2 bridgehead atoms. The zero-order valence-electron chi connectivity index (χ0n) is 31.2. The number of carbonyl (C=O) groups is 2. The van der Waals surface area contributed by atoms with Gasteiger partial charge >= 0.3 is 6.18 Å². The van der Waals surface area contributed by atoms with Crippen LogP contribution in [0.1, 0.15) is 108 Å². The Morgan fingerprint density at radius 1 is 0.982 bits per heavy atom. The summed E-state index contributed by atoms with van der Waals surface area (Å²) in [5.74, 6) is -0.831. The lowest BCUT2D eigenvalue weighted by Gasteiger charge is -2.32. The summed E-state index contributed by atoms with van der Waals surface area (Å²) in [5, 5.41) is 3.99. The lowest BCUT2D eigenvalue weighted by molar-refractivity contribution is -0.141. The molecule has 1 N–H and O–H groups in total. The molecule has 15 heteroatoms. The number of nitrogens with one attached hydrogen (secondary N) is 1. The number of likely N-dealkylation sites (tertiary alicyclic amines) is 1. The third-order valence-electron chi connectivity index (χ3n) is 11.6. The maximum Gasteiger partial charge on any atom is 0.435 e. The second-order valence-corrected chi connectivity index (χ2v) is 17.7. The highest BCUT2D eigenvalue weighted by molar-refractivity contribution is 7.90. The molecule has 4 aromatic rings. The van der Waals surface area contributed by atoms with E-state index in [4.69, 9.17) is 9.47 Å². The molecule has 4 aliphatic rings. The highest BCUT2D eigenvalue weighted by Gasteiger charge is 2.45. The van der Waals surface area contributed by atoms with Crippen LogP contribution in [0.25, 0.3) is 33.8 Å². The zero-order chi connectivity index (χ0) is 39.0. The molecule has 2 aromatic heterocycles. The number of nitrogens with zero attached hydrogens (tertiary/aromatic N) is 4. The number of allylic oxidation sites excluding steroid dienone is 1. The van der Waals surface area contributed by atoms with E-state index in [1.165, 1.54) is 25.8 Å². The smallest absolute Gasteiger partial charge is 0.435 e. The average Bonchev–Trinajstić information content (AvgIpc) is 3.76. The van der Waals surface area contributed by atoms with Gasteiger partial charge in [0.1, 0.15) is 5.75 Å². The number of benzene rings is 2. The minimum Gasteiger partial charge on any atom is -0.497 e. The molecule has 2 unspecified atom stereocenters. The second-order valence-electron chi connectivity index (χ2n) is 15.4. The summed E-state index contributed by atoms with van der Waals surface area (Å²) in [7, 11) is -0.975. The van der Waals surface area contributed by atoms with E-state index in [1.54, 1.807) is 19.2 Å². The van der Waals surface area contributed by atoms with E-state index in [0.717, 1.165) is 71.8 Å². The van der Waals surface area contributed by atoms with Crippen molar-refractivity contribution in [3.05, 3.63) is 70.0 Å². The van der Waals surface area contributed by atoms with Gasteiger partial charge in [-0.2, -0.15) is 18.3 Å². The van der Waals surface area contributed by atoms with Gasteiger partial charge in [-0.3, -0.25) is 14.3 Å². The van der Waals surface area contributed by atoms with Crippen LogP contribution in [0.15, 0.2) is 36.4 Å². The minimum absolute atomic E-state index is 0.0242. The van der Waals surface area contributed by atoms with E-state index in [-0.39, 0.29) is 49.0 Å². The van der Waals surface area contributed by atoms with Crippen LogP contribution in [0, 0.1) is 0 Å². The van der Waals surface area contributed by atoms with E-state index in [0.29, 0.717) is 22.4 Å². The van der Waals surface area contributed by atoms with Crippen LogP contribution in [0.4, 0.5) is 13.2 Å². The summed E-state index contributed by atoms with van der Waals surface area (Å²) in [6, 6.07) is 10.7. The maximum absolute atomic E-state index is 14.9. The number of rotatable bonds is 7. The third-order valence-corrected chi connectivity index (χ3v) is 13.3. The molecule has 1 saturated carbocycles. The molecule has 55 heavy (non-hydrogen) atoms. The van der Waals surface area contributed by atoms with Crippen molar-refractivity contribution in [2.45, 2.75) is 94.9 Å². The Morgan fingerprint density at radius 2 is 1.69 bits per heavy atom. The summed E-state index contributed by atoms with van der Waals surface area (Å²) in [6.07, 6.45) is 2.95. The van der Waals surface area contributed by atoms with E-state index in [9.17, 15) is 31.2 Å². The monoisotopic (exact) mass is 779 g/mol. The number of hydrogen-bond acceptors (Lipinski definition) is 7. The van der Waals surface area contributed by atoms with Gasteiger partial charge in [0.05, 0.1) is 48.1 Å². The van der Waals surface area contributed by atoms with Crippen molar-refractivity contribution in [1.82, 2.24) is 24.0 Å². The fraction of sp³-hybridized carbons (Fsp3) is 0.475. The van der Waals surface area contributed by atoms with Gasteiger partial charge in [-0.1, -0.05) is 25.3 Å². The molecule has 11 nitrogen and oxygen atoms in total. The first-order chi connectivity index (χ1) is 26.1. The first-order valence-corrected chi connectivity index (χ1v) is 20.4. The van der Waals surface area contributed by atoms with Gasteiger partial charge in [-0.25, -0.2) is 13.1 Å². The molecule has 2 amide bonds. The van der Waals surface area contributed by atoms with Gasteiger partial charge in [-0.05, 0) is 98.6 Å². The number of aromatic nitrogens is 3. The summed E-state index contributed by atoms with van der Waals surface area (Å²) < 4.78 is 86.9. The first kappa shape index (κ1) is 37.3. The van der Waals surface area contributed by atoms with Crippen LogP contribution in [0.5, 0.6) is 5.75 Å². The summed E-state index contributed by atoms with van der Waals surface area (Å²) in [4.78, 5) is 29.4. The lowest BCUT2D eigenvalue weighted by atomic mass is 9.81. The Morgan fingerprint density at radius 3 is 2.35 bits per heavy atom. The van der Waals surface area contributed by atoms with Gasteiger partial charge < -0.3 is 18.9 Å². The zero-order valence-corrected chi connectivity index (χ0v) is 32.0. The number of sulfonamides is 1. The molecule has 3 aliphatic heterocycles. The highest BCUT2D eigenvalue weighted by atomic mass is 32.2. The fourth-order valence-electron chi connectivity index (χ4n) is 8.86. The Labute approximate surface area is 317 Å². The third kappa shape index (κ3) is 6.62. The molecule has 0 radical (unpaired) electrons. The SMILES string of the molecule is COc1ccc2c(c1)C=C(c1c(C(=O)N3CC4CCC(C3)O4)c(C(F)(F)F)nn1C)Cn1c-2c(C2CCCCC2)c2ccc(C(=O)NS(=O)(=O)C(C)C)cc21. The summed E-state index contributed by atoms with van der Waals surface area (Å²) >= 11 is 0. The van der Waals surface area contributed by atoms with E-state index in [1.807, 2.05) is 34.9 Å². The number of ether oxygens (including phenoxy) is 2. The van der Waals surface area contributed by atoms with E-state index in [2.05, 4.69) is 9.82 Å². The van der Waals surface area contributed by atoms with Crippen LogP contribution in [-0.4, -0.2) is 77.1 Å². The van der Waals surface area contributed by atoms with Crippen LogP contribution in [-0.2, 0) is 34.5 Å². The number of carbonyl (C=O) groups excluding carboxylic acids is 2. The number of methoxy groups -OCH3 is 1. The Kier molecular flexibility index (Phi) is 9.38. The standard InChI is InChI=1S/C40H44F3N5O6S/c1-22(2)55(51,52)45-38(49)24-10-14-31-32(18-24)48-19-26(16-25-17-27(53-4)13-15-30(25)36(48)33(31)23-8-6-5-7-9-23)35-34(37(40(41,42)43)44-46(35)3)39(50)47-20-28-11-12-29(21-47)54-28/h10,13-18,22-23,28-29H,5-9,11-12,19-21H2,1-4H3,(H,45,49). The maximum atomic E-state index is 14.9. The van der Waals surface area contributed by atoms with Crippen molar-refractivity contribution in [2.75, 3.05) is 20.2 Å². The average molecular weight is 780 g/mol.